The summed E-state index contributed by atoms with van der Waals surface area (Å²) in [6.07, 6.45) is 4.19. The van der Waals surface area contributed by atoms with Crippen molar-refractivity contribution in [2.24, 2.45) is 0 Å². The Balaban J connectivity index is 2.31. The highest BCUT2D eigenvalue weighted by Crippen LogP contribution is 2.23. The molecule has 0 spiro atoms. The Morgan fingerprint density at radius 1 is 1.50 bits per heavy atom. The van der Waals surface area contributed by atoms with E-state index < -0.39 is 8.07 Å². The summed E-state index contributed by atoms with van der Waals surface area (Å²) >= 11 is 0. The summed E-state index contributed by atoms with van der Waals surface area (Å²) < 4.78 is 5.70. The van der Waals surface area contributed by atoms with E-state index in [0.29, 0.717) is 6.10 Å². The highest BCUT2D eigenvalue weighted by atomic mass is 28.3. The molecule has 0 aromatic rings. The van der Waals surface area contributed by atoms with Crippen LogP contribution in [0.15, 0.2) is 0 Å². The molecule has 0 unspecified atom stereocenters. The van der Waals surface area contributed by atoms with E-state index in [0.717, 1.165) is 6.23 Å². The SMILES string of the molecule is CC[C@H]1CC[Si](C)(C)CO1. The fourth-order valence-electron chi connectivity index (χ4n) is 1.37. The summed E-state index contributed by atoms with van der Waals surface area (Å²) in [5.74, 6) is 0. The van der Waals surface area contributed by atoms with E-state index in [1.54, 1.807) is 0 Å². The van der Waals surface area contributed by atoms with Crippen molar-refractivity contribution in [2.45, 2.75) is 45.0 Å². The monoisotopic (exact) mass is 158 g/mol. The maximum Gasteiger partial charge on any atom is 0.0777 e. The van der Waals surface area contributed by atoms with Gasteiger partial charge in [0.15, 0.2) is 0 Å². The summed E-state index contributed by atoms with van der Waals surface area (Å²) in [5.41, 5.74) is 0. The largest absolute Gasteiger partial charge is 0.382 e. The smallest absolute Gasteiger partial charge is 0.0777 e. The first kappa shape index (κ1) is 8.28. The second kappa shape index (κ2) is 3.05. The zero-order valence-corrected chi connectivity index (χ0v) is 8.31. The highest BCUT2D eigenvalue weighted by Gasteiger charge is 2.28. The van der Waals surface area contributed by atoms with Crippen LogP contribution in [0.1, 0.15) is 19.8 Å². The maximum absolute atomic E-state index is 5.70. The predicted octanol–water partition coefficient (Wildman–Crippen LogP) is 2.43. The van der Waals surface area contributed by atoms with Crippen molar-refractivity contribution in [3.63, 3.8) is 0 Å². The molecular weight excluding hydrogens is 140 g/mol. The lowest BCUT2D eigenvalue weighted by atomic mass is 10.2. The molecule has 0 bridgehead atoms. The van der Waals surface area contributed by atoms with E-state index in [1.807, 2.05) is 0 Å². The van der Waals surface area contributed by atoms with Crippen LogP contribution in [0, 0.1) is 0 Å². The number of hydrogen-bond acceptors (Lipinski definition) is 1. The molecule has 1 aliphatic heterocycles. The minimum Gasteiger partial charge on any atom is -0.382 e. The lowest BCUT2D eigenvalue weighted by Gasteiger charge is -2.32. The maximum atomic E-state index is 5.70. The number of rotatable bonds is 1. The molecule has 60 valence electrons. The van der Waals surface area contributed by atoms with E-state index in [1.165, 1.54) is 18.9 Å². The van der Waals surface area contributed by atoms with E-state index in [2.05, 4.69) is 20.0 Å². The molecule has 1 saturated heterocycles. The van der Waals surface area contributed by atoms with Gasteiger partial charge in [0.1, 0.15) is 0 Å². The van der Waals surface area contributed by atoms with Crippen molar-refractivity contribution in [1.82, 2.24) is 0 Å². The van der Waals surface area contributed by atoms with Crippen molar-refractivity contribution in [2.75, 3.05) is 6.23 Å². The molecule has 1 nitrogen and oxygen atoms in total. The number of hydrogen-bond donors (Lipinski definition) is 0. The molecule has 10 heavy (non-hydrogen) atoms. The average Bonchev–Trinajstić information content (AvgIpc) is 1.88. The van der Waals surface area contributed by atoms with Crippen molar-refractivity contribution < 1.29 is 4.74 Å². The minimum absolute atomic E-state index is 0.584. The Bertz CT molecular complexity index is 102. The van der Waals surface area contributed by atoms with Crippen LogP contribution in [-0.2, 0) is 4.74 Å². The topological polar surface area (TPSA) is 9.23 Å². The third-order valence-electron chi connectivity index (χ3n) is 2.31. The zero-order valence-electron chi connectivity index (χ0n) is 7.31. The first-order chi connectivity index (χ1) is 4.64. The van der Waals surface area contributed by atoms with Gasteiger partial charge in [-0.3, -0.25) is 0 Å². The Hall–Kier alpha value is 0.177. The lowest BCUT2D eigenvalue weighted by molar-refractivity contribution is 0.0649. The van der Waals surface area contributed by atoms with Crippen LogP contribution < -0.4 is 0 Å². The van der Waals surface area contributed by atoms with Crippen LogP contribution in [0.25, 0.3) is 0 Å². The zero-order chi connectivity index (χ0) is 7.61. The Kier molecular flexibility index (Phi) is 2.53. The molecule has 2 heteroatoms. The molecule has 0 amide bonds. The standard InChI is InChI=1S/C8H18OSi/c1-4-8-5-6-10(2,3)7-9-8/h8H,4-7H2,1-3H3/t8-/m0/s1. The number of ether oxygens (including phenoxy) is 1. The van der Waals surface area contributed by atoms with Crippen molar-refractivity contribution in [3.8, 4) is 0 Å². The van der Waals surface area contributed by atoms with Crippen LogP contribution in [0.5, 0.6) is 0 Å². The summed E-state index contributed by atoms with van der Waals surface area (Å²) in [4.78, 5) is 0. The first-order valence-electron chi connectivity index (χ1n) is 4.26. The lowest BCUT2D eigenvalue weighted by Crippen LogP contribution is -2.40. The van der Waals surface area contributed by atoms with Crippen molar-refractivity contribution in [3.05, 3.63) is 0 Å². The van der Waals surface area contributed by atoms with Crippen molar-refractivity contribution >= 4 is 8.07 Å². The van der Waals surface area contributed by atoms with E-state index in [4.69, 9.17) is 4.74 Å². The molecule has 0 aromatic carbocycles. The first-order valence-corrected chi connectivity index (χ1v) is 7.67. The van der Waals surface area contributed by atoms with Gasteiger partial charge in [-0.2, -0.15) is 0 Å². The van der Waals surface area contributed by atoms with Gasteiger partial charge in [0.2, 0.25) is 0 Å². The molecule has 1 fully saturated rings. The summed E-state index contributed by atoms with van der Waals surface area (Å²) in [6, 6.07) is 1.46. The molecular formula is C8H18OSi. The molecule has 0 aliphatic carbocycles. The van der Waals surface area contributed by atoms with Crippen molar-refractivity contribution in [1.29, 1.82) is 0 Å². The minimum atomic E-state index is -0.871. The van der Waals surface area contributed by atoms with Gasteiger partial charge in [-0.15, -0.1) is 0 Å². The van der Waals surface area contributed by atoms with Gasteiger partial charge in [0.05, 0.1) is 14.2 Å². The van der Waals surface area contributed by atoms with Gasteiger partial charge in [-0.1, -0.05) is 26.1 Å². The molecule has 0 radical (unpaired) electrons. The van der Waals surface area contributed by atoms with Gasteiger partial charge in [0.25, 0.3) is 0 Å². The molecule has 0 N–H and O–H groups in total. The van der Waals surface area contributed by atoms with E-state index >= 15 is 0 Å². The fourth-order valence-corrected chi connectivity index (χ4v) is 3.31. The van der Waals surface area contributed by atoms with Crippen LogP contribution in [-0.4, -0.2) is 20.4 Å². The molecule has 1 atom stereocenters. The summed E-state index contributed by atoms with van der Waals surface area (Å²) in [6.45, 7) is 7.04. The van der Waals surface area contributed by atoms with Gasteiger partial charge < -0.3 is 4.74 Å². The Morgan fingerprint density at radius 2 is 2.20 bits per heavy atom. The molecule has 0 saturated carbocycles. The normalized spacial score (nSPS) is 32.1. The third-order valence-corrected chi connectivity index (χ3v) is 4.90. The molecule has 0 aromatic heterocycles. The van der Waals surface area contributed by atoms with Gasteiger partial charge >= 0.3 is 0 Å². The molecule has 1 rings (SSSR count). The Labute approximate surface area is 64.8 Å². The van der Waals surface area contributed by atoms with Crippen LogP contribution in [0.2, 0.25) is 19.1 Å². The quantitative estimate of drug-likeness (QED) is 0.533. The fraction of sp³-hybridized carbons (Fsp3) is 1.00. The molecule has 1 heterocycles. The van der Waals surface area contributed by atoms with E-state index in [9.17, 15) is 0 Å². The Morgan fingerprint density at radius 3 is 2.60 bits per heavy atom. The van der Waals surface area contributed by atoms with E-state index in [-0.39, 0.29) is 0 Å². The van der Waals surface area contributed by atoms with Crippen LogP contribution in [0.4, 0.5) is 0 Å². The molecule has 1 aliphatic rings. The second-order valence-corrected chi connectivity index (χ2v) is 9.16. The average molecular weight is 158 g/mol. The van der Waals surface area contributed by atoms with Gasteiger partial charge in [0, 0.05) is 6.23 Å². The van der Waals surface area contributed by atoms with Crippen LogP contribution >= 0.6 is 0 Å². The van der Waals surface area contributed by atoms with Gasteiger partial charge in [-0.25, -0.2) is 0 Å². The second-order valence-electron chi connectivity index (χ2n) is 4.04. The highest BCUT2D eigenvalue weighted by molar-refractivity contribution is 6.77. The van der Waals surface area contributed by atoms with Gasteiger partial charge in [-0.05, 0) is 12.8 Å². The predicted molar refractivity (Wildman–Crippen MR) is 46.9 cm³/mol. The summed E-state index contributed by atoms with van der Waals surface area (Å²) in [7, 11) is -0.871. The third kappa shape index (κ3) is 2.10. The summed E-state index contributed by atoms with van der Waals surface area (Å²) in [5, 5.41) is 0. The van der Waals surface area contributed by atoms with Crippen LogP contribution in [0.3, 0.4) is 0 Å².